The molecule has 3 saturated heterocycles. The van der Waals surface area contributed by atoms with Gasteiger partial charge in [-0.05, 0) is 84.1 Å². The molecule has 3 heterocycles. The second-order valence-electron chi connectivity index (χ2n) is 11.1. The molecule has 3 aliphatic rings. The van der Waals surface area contributed by atoms with Crippen LogP contribution in [0.1, 0.15) is 142 Å². The average molecular weight is 465 g/mol. The van der Waals surface area contributed by atoms with E-state index in [2.05, 4.69) is 16.7 Å². The summed E-state index contributed by atoms with van der Waals surface area (Å²) in [5.41, 5.74) is 0. The van der Waals surface area contributed by atoms with Crippen LogP contribution in [0.5, 0.6) is 0 Å². The first-order valence-electron chi connectivity index (χ1n) is 15.4. The minimum absolute atomic E-state index is 0.489. The largest absolute Gasteiger partial charge is 0.378 e. The summed E-state index contributed by atoms with van der Waals surface area (Å²) in [6.07, 6.45) is 29.6. The molecule has 0 amide bonds. The van der Waals surface area contributed by atoms with Gasteiger partial charge in [0, 0.05) is 13.2 Å². The van der Waals surface area contributed by atoms with Crippen LogP contribution in [0.2, 0.25) is 0 Å². The van der Waals surface area contributed by atoms with Gasteiger partial charge in [-0.25, -0.2) is 0 Å². The molecule has 0 aromatic carbocycles. The zero-order chi connectivity index (χ0) is 23.2. The lowest BCUT2D eigenvalue weighted by atomic mass is 10.0. The molecule has 196 valence electrons. The van der Waals surface area contributed by atoms with Crippen LogP contribution in [0.4, 0.5) is 0 Å². The predicted molar refractivity (Wildman–Crippen MR) is 145 cm³/mol. The maximum absolute atomic E-state index is 6.48. The lowest BCUT2D eigenvalue weighted by Gasteiger charge is -2.26. The van der Waals surface area contributed by atoms with E-state index >= 15 is 0 Å². The van der Waals surface area contributed by atoms with Gasteiger partial charge in [0.15, 0.2) is 0 Å². The Hall–Kier alpha value is -0.120. The van der Waals surface area contributed by atoms with Crippen LogP contribution >= 0.6 is 0 Å². The van der Waals surface area contributed by atoms with Gasteiger partial charge in [0.2, 0.25) is 0 Å². The summed E-state index contributed by atoms with van der Waals surface area (Å²) in [6, 6.07) is 0. The molecule has 33 heavy (non-hydrogen) atoms. The molecule has 1 atom stereocenters. The van der Waals surface area contributed by atoms with Gasteiger partial charge in [0.25, 0.3) is 0 Å². The minimum Gasteiger partial charge on any atom is -0.378 e. The van der Waals surface area contributed by atoms with Gasteiger partial charge in [0.1, 0.15) is 0 Å². The predicted octanol–water partition coefficient (Wildman–Crippen LogP) is 8.21. The second-order valence-corrected chi connectivity index (χ2v) is 11.1. The van der Waals surface area contributed by atoms with Crippen molar-refractivity contribution in [2.45, 2.75) is 148 Å². The van der Waals surface area contributed by atoms with E-state index in [-0.39, 0.29) is 0 Å². The van der Waals surface area contributed by atoms with Gasteiger partial charge in [-0.15, -0.1) is 0 Å². The molecule has 1 unspecified atom stereocenters. The molecule has 3 rings (SSSR count). The quantitative estimate of drug-likeness (QED) is 0.368. The van der Waals surface area contributed by atoms with Gasteiger partial charge >= 0.3 is 0 Å². The molecule has 0 radical (unpaired) electrons. The molecule has 0 aromatic heterocycles. The average Bonchev–Trinajstić information content (AvgIpc) is 2.82. The summed E-state index contributed by atoms with van der Waals surface area (Å²) in [7, 11) is 0. The number of hydrogen-bond donors (Lipinski definition) is 0. The monoisotopic (exact) mass is 464 g/mol. The third-order valence-electron chi connectivity index (χ3n) is 8.02. The number of hydrogen-bond acceptors (Lipinski definition) is 3. The third-order valence-corrected chi connectivity index (χ3v) is 8.02. The number of ether oxygens (including phenoxy) is 1. The highest BCUT2D eigenvalue weighted by Crippen LogP contribution is 2.17. The molecule has 3 heteroatoms. The molecule has 0 saturated carbocycles. The van der Waals surface area contributed by atoms with Crippen molar-refractivity contribution < 1.29 is 4.74 Å². The fourth-order valence-corrected chi connectivity index (χ4v) is 5.73. The van der Waals surface area contributed by atoms with Crippen LogP contribution < -0.4 is 0 Å². The van der Waals surface area contributed by atoms with E-state index in [0.717, 1.165) is 6.61 Å². The van der Waals surface area contributed by atoms with Gasteiger partial charge < -0.3 is 14.5 Å². The SMILES string of the molecule is CCCCCCOC1CCCCCN2CCCCCCCCN(CCCCCCCC2)CC1. The molecular formula is C30H60N2O. The Kier molecular flexibility index (Phi) is 18.7. The van der Waals surface area contributed by atoms with Crippen LogP contribution in [-0.2, 0) is 4.74 Å². The smallest absolute Gasteiger partial charge is 0.0587 e. The first-order valence-corrected chi connectivity index (χ1v) is 15.4. The van der Waals surface area contributed by atoms with Crippen LogP contribution in [-0.4, -0.2) is 61.8 Å². The van der Waals surface area contributed by atoms with Crippen LogP contribution in [0, 0.1) is 0 Å². The van der Waals surface area contributed by atoms with E-state index in [9.17, 15) is 0 Å². The lowest BCUT2D eigenvalue weighted by molar-refractivity contribution is 0.0300. The summed E-state index contributed by atoms with van der Waals surface area (Å²) in [4.78, 5) is 5.61. The first-order chi connectivity index (χ1) is 16.4. The first kappa shape index (κ1) is 29.1. The molecule has 3 aliphatic heterocycles. The standard InChI is InChI=1S/C30H60N2O/c1-2-3-4-20-29-33-30-21-14-13-19-25-31-23-15-9-5-7-11-17-26-32(28-22-30)27-18-12-8-6-10-16-24-31/h30H,2-29H2,1H3. The van der Waals surface area contributed by atoms with E-state index in [0.29, 0.717) is 6.10 Å². The Morgan fingerprint density at radius 2 is 0.939 bits per heavy atom. The number of unbranched alkanes of at least 4 members (excludes halogenated alkanes) is 3. The van der Waals surface area contributed by atoms with Crippen LogP contribution in [0.15, 0.2) is 0 Å². The maximum atomic E-state index is 6.48. The molecule has 3 fully saturated rings. The summed E-state index contributed by atoms with van der Waals surface area (Å²) in [6.45, 7) is 11.2. The Morgan fingerprint density at radius 3 is 1.45 bits per heavy atom. The van der Waals surface area contributed by atoms with Gasteiger partial charge in [-0.1, -0.05) is 90.4 Å². The van der Waals surface area contributed by atoms with Gasteiger partial charge in [-0.2, -0.15) is 0 Å². The minimum atomic E-state index is 0.489. The summed E-state index contributed by atoms with van der Waals surface area (Å²) in [5.74, 6) is 0. The summed E-state index contributed by atoms with van der Waals surface area (Å²) < 4.78 is 6.48. The van der Waals surface area contributed by atoms with Crippen LogP contribution in [0.25, 0.3) is 0 Å². The van der Waals surface area contributed by atoms with Crippen molar-refractivity contribution in [3.8, 4) is 0 Å². The van der Waals surface area contributed by atoms with E-state index in [1.165, 1.54) is 174 Å². The molecule has 0 aromatic rings. The van der Waals surface area contributed by atoms with Crippen molar-refractivity contribution in [3.05, 3.63) is 0 Å². The summed E-state index contributed by atoms with van der Waals surface area (Å²) in [5, 5.41) is 0. The third kappa shape index (κ3) is 16.2. The van der Waals surface area contributed by atoms with E-state index < -0.39 is 0 Å². The van der Waals surface area contributed by atoms with Gasteiger partial charge in [-0.3, -0.25) is 0 Å². The molecule has 3 nitrogen and oxygen atoms in total. The number of nitrogens with zero attached hydrogens (tertiary/aromatic N) is 2. The fourth-order valence-electron chi connectivity index (χ4n) is 5.73. The molecule has 0 N–H and O–H groups in total. The summed E-state index contributed by atoms with van der Waals surface area (Å²) >= 11 is 0. The Morgan fingerprint density at radius 1 is 0.485 bits per heavy atom. The van der Waals surface area contributed by atoms with Crippen molar-refractivity contribution in [1.82, 2.24) is 9.80 Å². The Balaban J connectivity index is 1.93. The van der Waals surface area contributed by atoms with Crippen molar-refractivity contribution >= 4 is 0 Å². The molecule has 2 bridgehead atoms. The Bertz CT molecular complexity index is 396. The zero-order valence-corrected chi connectivity index (χ0v) is 22.7. The van der Waals surface area contributed by atoms with Crippen molar-refractivity contribution in [1.29, 1.82) is 0 Å². The van der Waals surface area contributed by atoms with Crippen LogP contribution in [0.3, 0.4) is 0 Å². The Labute approximate surface area is 208 Å². The van der Waals surface area contributed by atoms with Crippen molar-refractivity contribution in [2.75, 3.05) is 45.9 Å². The van der Waals surface area contributed by atoms with E-state index in [1.54, 1.807) is 0 Å². The van der Waals surface area contributed by atoms with Crippen molar-refractivity contribution in [3.63, 3.8) is 0 Å². The molecular weight excluding hydrogens is 404 g/mol. The second kappa shape index (κ2) is 21.2. The van der Waals surface area contributed by atoms with Gasteiger partial charge in [0.05, 0.1) is 6.10 Å². The highest BCUT2D eigenvalue weighted by molar-refractivity contribution is 4.68. The highest BCUT2D eigenvalue weighted by atomic mass is 16.5. The van der Waals surface area contributed by atoms with E-state index in [4.69, 9.17) is 4.74 Å². The van der Waals surface area contributed by atoms with Crippen molar-refractivity contribution in [2.24, 2.45) is 0 Å². The topological polar surface area (TPSA) is 15.7 Å². The zero-order valence-electron chi connectivity index (χ0n) is 22.7. The van der Waals surface area contributed by atoms with E-state index in [1.807, 2.05) is 0 Å². The number of rotatable bonds is 6. The normalized spacial score (nSPS) is 28.8. The molecule has 0 spiro atoms. The lowest BCUT2D eigenvalue weighted by Crippen LogP contribution is -2.31. The fraction of sp³-hybridized carbons (Fsp3) is 1.00. The number of fused-ring (bicyclic) bond motifs is 21. The molecule has 0 aliphatic carbocycles. The maximum Gasteiger partial charge on any atom is 0.0587 e. The highest BCUT2D eigenvalue weighted by Gasteiger charge is 2.14.